The Morgan fingerprint density at radius 2 is 1.66 bits per heavy atom. The number of methoxy groups -OCH3 is 1. The van der Waals surface area contributed by atoms with Gasteiger partial charge in [-0.05, 0) is 24.3 Å². The second-order valence-electron chi connectivity index (χ2n) is 6.28. The standard InChI is InChI=1S/C19H12F6N4O3/c1-32-15-3-2-10(7-26-15)14(17(30)31)8-29-9-27-16(28-29)11-4-12(18(20,21)22)6-13(5-11)19(23,24)25/h2-9H,1H3,(H,30,31)/b14-8-. The highest BCUT2D eigenvalue weighted by Gasteiger charge is 2.37. The summed E-state index contributed by atoms with van der Waals surface area (Å²) in [5.74, 6) is -1.62. The first-order chi connectivity index (χ1) is 14.9. The van der Waals surface area contributed by atoms with Crippen LogP contribution in [-0.2, 0) is 17.1 Å². The molecule has 0 atom stereocenters. The van der Waals surface area contributed by atoms with E-state index in [1.54, 1.807) is 0 Å². The number of alkyl halides is 6. The molecule has 0 aliphatic carbocycles. The van der Waals surface area contributed by atoms with Gasteiger partial charge in [-0.3, -0.25) is 0 Å². The van der Waals surface area contributed by atoms with Gasteiger partial charge in [0.25, 0.3) is 0 Å². The maximum atomic E-state index is 13.1. The number of benzene rings is 1. The molecule has 32 heavy (non-hydrogen) atoms. The zero-order valence-corrected chi connectivity index (χ0v) is 15.9. The average Bonchev–Trinajstić information content (AvgIpc) is 3.19. The molecular weight excluding hydrogens is 446 g/mol. The first kappa shape index (κ1) is 22.8. The number of carbonyl (C=O) groups is 1. The topological polar surface area (TPSA) is 90.1 Å². The highest BCUT2D eigenvalue weighted by atomic mass is 19.4. The molecular formula is C19H12F6N4O3. The predicted molar refractivity (Wildman–Crippen MR) is 98.1 cm³/mol. The molecule has 0 amide bonds. The summed E-state index contributed by atoms with van der Waals surface area (Å²) in [5.41, 5.74) is -3.75. The highest BCUT2D eigenvalue weighted by Crippen LogP contribution is 2.38. The number of carboxylic acids is 1. The summed E-state index contributed by atoms with van der Waals surface area (Å²) < 4.78 is 84.1. The Morgan fingerprint density at radius 1 is 1.03 bits per heavy atom. The fourth-order valence-electron chi connectivity index (χ4n) is 2.60. The summed E-state index contributed by atoms with van der Waals surface area (Å²) in [6, 6.07) is 3.74. The van der Waals surface area contributed by atoms with E-state index in [1.165, 1.54) is 25.4 Å². The third-order valence-corrected chi connectivity index (χ3v) is 4.10. The van der Waals surface area contributed by atoms with Gasteiger partial charge in [0.05, 0.1) is 23.8 Å². The molecule has 2 aromatic heterocycles. The molecule has 1 N–H and O–H groups in total. The van der Waals surface area contributed by atoms with E-state index in [0.29, 0.717) is 12.1 Å². The van der Waals surface area contributed by atoms with Crippen molar-refractivity contribution < 1.29 is 41.0 Å². The molecule has 0 aliphatic heterocycles. The van der Waals surface area contributed by atoms with Crippen LogP contribution in [0.3, 0.4) is 0 Å². The maximum absolute atomic E-state index is 13.1. The molecule has 0 radical (unpaired) electrons. The SMILES string of the molecule is COc1ccc(/C(=C/n2cnc(-c3cc(C(F)(F)F)cc(C(F)(F)F)c3)n2)C(=O)O)cn1. The Kier molecular flexibility index (Phi) is 5.92. The summed E-state index contributed by atoms with van der Waals surface area (Å²) in [5, 5.41) is 13.2. The van der Waals surface area contributed by atoms with E-state index >= 15 is 0 Å². The highest BCUT2D eigenvalue weighted by molar-refractivity contribution is 6.19. The number of carboxylic acid groups (broad SMARTS) is 1. The van der Waals surface area contributed by atoms with Gasteiger partial charge in [0, 0.05) is 29.6 Å². The number of aliphatic carboxylic acids is 1. The van der Waals surface area contributed by atoms with Crippen LogP contribution in [0.25, 0.3) is 23.2 Å². The van der Waals surface area contributed by atoms with E-state index in [9.17, 15) is 36.2 Å². The van der Waals surface area contributed by atoms with E-state index in [-0.39, 0.29) is 23.1 Å². The van der Waals surface area contributed by atoms with Crippen molar-refractivity contribution >= 4 is 17.7 Å². The molecule has 0 bridgehead atoms. The van der Waals surface area contributed by atoms with E-state index < -0.39 is 40.8 Å². The zero-order valence-electron chi connectivity index (χ0n) is 15.9. The van der Waals surface area contributed by atoms with Gasteiger partial charge in [0.1, 0.15) is 6.33 Å². The minimum atomic E-state index is -5.03. The first-order valence-electron chi connectivity index (χ1n) is 8.55. The van der Waals surface area contributed by atoms with Crippen molar-refractivity contribution in [2.75, 3.05) is 7.11 Å². The van der Waals surface area contributed by atoms with Gasteiger partial charge in [-0.2, -0.15) is 26.3 Å². The molecule has 0 spiro atoms. The van der Waals surface area contributed by atoms with Crippen LogP contribution in [0.5, 0.6) is 5.88 Å². The van der Waals surface area contributed by atoms with Crippen molar-refractivity contribution in [2.24, 2.45) is 0 Å². The number of hydrogen-bond acceptors (Lipinski definition) is 5. The van der Waals surface area contributed by atoms with Crippen LogP contribution in [0.2, 0.25) is 0 Å². The third kappa shape index (κ3) is 5.04. The van der Waals surface area contributed by atoms with Gasteiger partial charge in [-0.1, -0.05) is 0 Å². The minimum absolute atomic E-state index is 0.0143. The maximum Gasteiger partial charge on any atom is 0.416 e. The van der Waals surface area contributed by atoms with Crippen LogP contribution in [0.15, 0.2) is 42.9 Å². The monoisotopic (exact) mass is 458 g/mol. The number of hydrogen-bond donors (Lipinski definition) is 1. The van der Waals surface area contributed by atoms with Crippen LogP contribution < -0.4 is 4.74 Å². The smallest absolute Gasteiger partial charge is 0.416 e. The third-order valence-electron chi connectivity index (χ3n) is 4.10. The minimum Gasteiger partial charge on any atom is -0.481 e. The molecule has 3 rings (SSSR count). The lowest BCUT2D eigenvalue weighted by atomic mass is 10.0. The van der Waals surface area contributed by atoms with E-state index in [2.05, 4.69) is 15.1 Å². The number of rotatable bonds is 5. The number of halogens is 6. The molecule has 7 nitrogen and oxygen atoms in total. The van der Waals surface area contributed by atoms with Gasteiger partial charge in [-0.15, -0.1) is 5.10 Å². The Labute approximate surface area is 175 Å². The fraction of sp³-hybridized carbons (Fsp3) is 0.158. The van der Waals surface area contributed by atoms with E-state index in [4.69, 9.17) is 4.74 Å². The van der Waals surface area contributed by atoms with E-state index in [1.807, 2.05) is 0 Å². The van der Waals surface area contributed by atoms with Gasteiger partial charge in [-0.25, -0.2) is 19.4 Å². The molecule has 168 valence electrons. The molecule has 1 aromatic carbocycles. The van der Waals surface area contributed by atoms with Crippen molar-refractivity contribution in [3.05, 3.63) is 59.5 Å². The summed E-state index contributed by atoms with van der Waals surface area (Å²) in [6.45, 7) is 0. The van der Waals surface area contributed by atoms with Crippen LogP contribution in [0.4, 0.5) is 26.3 Å². The lowest BCUT2D eigenvalue weighted by Crippen LogP contribution is -2.11. The van der Waals surface area contributed by atoms with Gasteiger partial charge in [0.15, 0.2) is 5.82 Å². The molecule has 3 aromatic rings. The average molecular weight is 458 g/mol. The molecule has 2 heterocycles. The lowest BCUT2D eigenvalue weighted by Gasteiger charge is -2.13. The van der Waals surface area contributed by atoms with Crippen LogP contribution in [-0.4, -0.2) is 37.9 Å². The second kappa shape index (κ2) is 8.32. The number of aromatic nitrogens is 4. The largest absolute Gasteiger partial charge is 0.481 e. The van der Waals surface area contributed by atoms with Crippen LogP contribution >= 0.6 is 0 Å². The summed E-state index contributed by atoms with van der Waals surface area (Å²) in [6.07, 6.45) is -6.92. The molecule has 0 saturated heterocycles. The van der Waals surface area contributed by atoms with Gasteiger partial charge in [0.2, 0.25) is 5.88 Å². The quantitative estimate of drug-likeness (QED) is 0.448. The van der Waals surface area contributed by atoms with Crippen molar-refractivity contribution in [2.45, 2.75) is 12.4 Å². The summed E-state index contributed by atoms with van der Waals surface area (Å²) >= 11 is 0. The van der Waals surface area contributed by atoms with Crippen LogP contribution in [0.1, 0.15) is 16.7 Å². The number of nitrogens with zero attached hydrogens (tertiary/aromatic N) is 4. The number of ether oxygens (including phenoxy) is 1. The molecule has 0 unspecified atom stereocenters. The first-order valence-corrected chi connectivity index (χ1v) is 8.55. The van der Waals surface area contributed by atoms with Crippen molar-refractivity contribution in [3.63, 3.8) is 0 Å². The van der Waals surface area contributed by atoms with Gasteiger partial charge >= 0.3 is 18.3 Å². The Morgan fingerprint density at radius 3 is 2.12 bits per heavy atom. The Hall–Kier alpha value is -3.90. The Balaban J connectivity index is 2.04. The normalized spacial score (nSPS) is 12.7. The van der Waals surface area contributed by atoms with Gasteiger partial charge < -0.3 is 9.84 Å². The zero-order chi connectivity index (χ0) is 23.7. The Bertz CT molecular complexity index is 1130. The predicted octanol–water partition coefficient (Wildman–Crippen LogP) is 4.47. The van der Waals surface area contributed by atoms with Crippen LogP contribution in [0, 0.1) is 0 Å². The summed E-state index contributed by atoms with van der Waals surface area (Å²) in [4.78, 5) is 19.2. The van der Waals surface area contributed by atoms with Crippen molar-refractivity contribution in [1.82, 2.24) is 19.7 Å². The lowest BCUT2D eigenvalue weighted by molar-refractivity contribution is -0.143. The fourth-order valence-corrected chi connectivity index (χ4v) is 2.60. The second-order valence-corrected chi connectivity index (χ2v) is 6.28. The van der Waals surface area contributed by atoms with Crippen molar-refractivity contribution in [3.8, 4) is 17.3 Å². The molecule has 13 heteroatoms. The summed E-state index contributed by atoms with van der Waals surface area (Å²) in [7, 11) is 1.37. The number of pyridine rings is 1. The molecule has 0 saturated carbocycles. The van der Waals surface area contributed by atoms with E-state index in [0.717, 1.165) is 17.2 Å². The van der Waals surface area contributed by atoms with Crippen molar-refractivity contribution in [1.29, 1.82) is 0 Å². The molecule has 0 aliphatic rings. The molecule has 0 fully saturated rings.